The lowest BCUT2D eigenvalue weighted by molar-refractivity contribution is 0.0953. The highest BCUT2D eigenvalue weighted by Crippen LogP contribution is 2.16. The predicted molar refractivity (Wildman–Crippen MR) is 127 cm³/mol. The number of amides is 1. The Hall–Kier alpha value is -1.71. The molecular weight excluding hydrogens is 358 g/mol. The van der Waals surface area contributed by atoms with E-state index in [0.717, 1.165) is 13.0 Å². The molecule has 0 aliphatic heterocycles. The van der Waals surface area contributed by atoms with Crippen LogP contribution in [0.15, 0.2) is 18.2 Å². The standard InChI is InChI=1S/C25H45N3O/c1-2-3-4-5-6-7-8-9-10-11-12-13-14-15-16-17-20-28-25(29)22-18-19-23(26)24(27)21-22/h18-19,21H,2-17,20,26-27H2,1H3,(H,28,29). The summed E-state index contributed by atoms with van der Waals surface area (Å²) >= 11 is 0. The third-order valence-electron chi connectivity index (χ3n) is 5.66. The zero-order valence-corrected chi connectivity index (χ0v) is 18.8. The quantitative estimate of drug-likeness (QED) is 0.185. The van der Waals surface area contributed by atoms with E-state index < -0.39 is 0 Å². The molecule has 4 heteroatoms. The second kappa shape index (κ2) is 17.2. The highest BCUT2D eigenvalue weighted by Gasteiger charge is 2.06. The van der Waals surface area contributed by atoms with Gasteiger partial charge in [-0.1, -0.05) is 103 Å². The number of benzene rings is 1. The summed E-state index contributed by atoms with van der Waals surface area (Å²) in [5.41, 5.74) is 13.0. The van der Waals surface area contributed by atoms with E-state index in [9.17, 15) is 4.79 Å². The first-order chi connectivity index (χ1) is 14.1. The predicted octanol–water partition coefficient (Wildman–Crippen LogP) is 6.84. The van der Waals surface area contributed by atoms with Crippen molar-refractivity contribution in [3.8, 4) is 0 Å². The molecule has 0 unspecified atom stereocenters. The van der Waals surface area contributed by atoms with Gasteiger partial charge in [0.25, 0.3) is 5.91 Å². The van der Waals surface area contributed by atoms with Crippen LogP contribution < -0.4 is 16.8 Å². The monoisotopic (exact) mass is 403 g/mol. The molecule has 0 heterocycles. The molecule has 1 aromatic carbocycles. The lowest BCUT2D eigenvalue weighted by Gasteiger charge is -2.07. The fraction of sp³-hybridized carbons (Fsp3) is 0.720. The molecule has 5 N–H and O–H groups in total. The van der Waals surface area contributed by atoms with Crippen molar-refractivity contribution >= 4 is 17.3 Å². The molecule has 0 radical (unpaired) electrons. The molecule has 4 nitrogen and oxygen atoms in total. The van der Waals surface area contributed by atoms with E-state index in [2.05, 4.69) is 12.2 Å². The Morgan fingerprint density at radius 1 is 0.690 bits per heavy atom. The maximum absolute atomic E-state index is 12.1. The number of unbranched alkanes of at least 4 members (excludes halogenated alkanes) is 15. The van der Waals surface area contributed by atoms with Gasteiger partial charge in [0.1, 0.15) is 0 Å². The molecule has 0 aliphatic rings. The molecule has 0 saturated heterocycles. The van der Waals surface area contributed by atoms with E-state index in [1.54, 1.807) is 18.2 Å². The molecule has 1 amide bonds. The number of carbonyl (C=O) groups excluding carboxylic acids is 1. The first kappa shape index (κ1) is 25.3. The second-order valence-electron chi connectivity index (χ2n) is 8.40. The molecule has 0 saturated carbocycles. The van der Waals surface area contributed by atoms with E-state index in [0.29, 0.717) is 16.9 Å². The van der Waals surface area contributed by atoms with Gasteiger partial charge in [0, 0.05) is 12.1 Å². The Morgan fingerprint density at radius 3 is 1.59 bits per heavy atom. The summed E-state index contributed by atoms with van der Waals surface area (Å²) in [4.78, 5) is 12.1. The zero-order chi connectivity index (χ0) is 21.2. The van der Waals surface area contributed by atoms with Crippen molar-refractivity contribution in [2.45, 2.75) is 110 Å². The lowest BCUT2D eigenvalue weighted by Crippen LogP contribution is -2.24. The van der Waals surface area contributed by atoms with Crippen LogP contribution >= 0.6 is 0 Å². The van der Waals surface area contributed by atoms with E-state index in [-0.39, 0.29) is 5.91 Å². The number of hydrogen-bond acceptors (Lipinski definition) is 3. The van der Waals surface area contributed by atoms with E-state index in [1.807, 2.05) is 0 Å². The molecular formula is C25H45N3O. The van der Waals surface area contributed by atoms with Crippen molar-refractivity contribution in [1.29, 1.82) is 0 Å². The van der Waals surface area contributed by atoms with Crippen LogP contribution in [0.25, 0.3) is 0 Å². The van der Waals surface area contributed by atoms with Crippen LogP contribution in [0.2, 0.25) is 0 Å². The Kier molecular flexibility index (Phi) is 15.0. The normalized spacial score (nSPS) is 10.9. The Bertz CT molecular complexity index is 545. The Balaban J connectivity index is 1.83. The summed E-state index contributed by atoms with van der Waals surface area (Å²) < 4.78 is 0. The van der Waals surface area contributed by atoms with E-state index >= 15 is 0 Å². The van der Waals surface area contributed by atoms with Crippen LogP contribution in [0.4, 0.5) is 11.4 Å². The topological polar surface area (TPSA) is 81.1 Å². The third-order valence-corrected chi connectivity index (χ3v) is 5.66. The average molecular weight is 404 g/mol. The van der Waals surface area contributed by atoms with Gasteiger partial charge in [-0.3, -0.25) is 4.79 Å². The Morgan fingerprint density at radius 2 is 1.14 bits per heavy atom. The number of nitrogens with two attached hydrogens (primary N) is 2. The van der Waals surface area contributed by atoms with E-state index in [1.165, 1.54) is 96.3 Å². The summed E-state index contributed by atoms with van der Waals surface area (Å²) in [6, 6.07) is 5.03. The molecule has 0 atom stereocenters. The maximum Gasteiger partial charge on any atom is 0.251 e. The molecule has 166 valence electrons. The van der Waals surface area contributed by atoms with Crippen molar-refractivity contribution in [3.05, 3.63) is 23.8 Å². The molecule has 0 aliphatic carbocycles. The van der Waals surface area contributed by atoms with E-state index in [4.69, 9.17) is 11.5 Å². The van der Waals surface area contributed by atoms with Crippen LogP contribution in [-0.2, 0) is 0 Å². The van der Waals surface area contributed by atoms with Crippen molar-refractivity contribution in [1.82, 2.24) is 5.32 Å². The van der Waals surface area contributed by atoms with Gasteiger partial charge in [0.15, 0.2) is 0 Å². The largest absolute Gasteiger partial charge is 0.397 e. The second-order valence-corrected chi connectivity index (χ2v) is 8.40. The lowest BCUT2D eigenvalue weighted by atomic mass is 10.0. The average Bonchev–Trinajstić information content (AvgIpc) is 2.72. The molecule has 0 spiro atoms. The number of carbonyl (C=O) groups is 1. The van der Waals surface area contributed by atoms with Gasteiger partial charge in [-0.05, 0) is 24.6 Å². The first-order valence-electron chi connectivity index (χ1n) is 12.1. The summed E-state index contributed by atoms with van der Waals surface area (Å²) in [6.45, 7) is 3.00. The fourth-order valence-electron chi connectivity index (χ4n) is 3.69. The molecule has 0 bridgehead atoms. The molecule has 29 heavy (non-hydrogen) atoms. The fourth-order valence-corrected chi connectivity index (χ4v) is 3.69. The first-order valence-corrected chi connectivity index (χ1v) is 12.1. The van der Waals surface area contributed by atoms with Crippen molar-refractivity contribution < 1.29 is 4.79 Å². The minimum atomic E-state index is -0.0716. The highest BCUT2D eigenvalue weighted by atomic mass is 16.1. The minimum absolute atomic E-state index is 0.0716. The minimum Gasteiger partial charge on any atom is -0.397 e. The number of nitrogen functional groups attached to an aromatic ring is 2. The number of hydrogen-bond donors (Lipinski definition) is 3. The SMILES string of the molecule is CCCCCCCCCCCCCCCCCCNC(=O)c1ccc(N)c(N)c1. The van der Waals surface area contributed by atoms with Crippen molar-refractivity contribution in [2.24, 2.45) is 0 Å². The highest BCUT2D eigenvalue weighted by molar-refractivity contribution is 5.95. The smallest absolute Gasteiger partial charge is 0.251 e. The summed E-state index contributed by atoms with van der Waals surface area (Å²) in [7, 11) is 0. The van der Waals surface area contributed by atoms with Gasteiger partial charge in [0.05, 0.1) is 11.4 Å². The molecule has 0 fully saturated rings. The molecule has 1 aromatic rings. The van der Waals surface area contributed by atoms with Crippen LogP contribution in [-0.4, -0.2) is 12.5 Å². The van der Waals surface area contributed by atoms with Crippen LogP contribution in [0.5, 0.6) is 0 Å². The summed E-state index contributed by atoms with van der Waals surface area (Å²) in [5, 5.41) is 2.96. The van der Waals surface area contributed by atoms with Gasteiger partial charge in [-0.25, -0.2) is 0 Å². The van der Waals surface area contributed by atoms with Gasteiger partial charge in [-0.2, -0.15) is 0 Å². The number of nitrogens with one attached hydrogen (secondary N) is 1. The summed E-state index contributed by atoms with van der Waals surface area (Å²) in [6.07, 6.45) is 21.7. The summed E-state index contributed by atoms with van der Waals surface area (Å²) in [5.74, 6) is -0.0716. The molecule has 0 aromatic heterocycles. The maximum atomic E-state index is 12.1. The molecule has 1 rings (SSSR count). The number of anilines is 2. The van der Waals surface area contributed by atoms with Gasteiger partial charge >= 0.3 is 0 Å². The van der Waals surface area contributed by atoms with Crippen molar-refractivity contribution in [2.75, 3.05) is 18.0 Å². The van der Waals surface area contributed by atoms with Crippen LogP contribution in [0.1, 0.15) is 120 Å². The van der Waals surface area contributed by atoms with Gasteiger partial charge in [-0.15, -0.1) is 0 Å². The van der Waals surface area contributed by atoms with Crippen molar-refractivity contribution in [3.63, 3.8) is 0 Å². The van der Waals surface area contributed by atoms with Crippen LogP contribution in [0.3, 0.4) is 0 Å². The van der Waals surface area contributed by atoms with Gasteiger partial charge in [0.2, 0.25) is 0 Å². The number of rotatable bonds is 18. The Labute approximate surface area is 179 Å². The zero-order valence-electron chi connectivity index (χ0n) is 18.8. The third kappa shape index (κ3) is 13.2. The van der Waals surface area contributed by atoms with Gasteiger partial charge < -0.3 is 16.8 Å². The van der Waals surface area contributed by atoms with Crippen LogP contribution in [0, 0.1) is 0 Å².